The lowest BCUT2D eigenvalue weighted by Gasteiger charge is -2.34. The second kappa shape index (κ2) is 6.31. The lowest BCUT2D eigenvalue weighted by atomic mass is 9.82. The van der Waals surface area contributed by atoms with Crippen molar-refractivity contribution in [1.82, 2.24) is 9.80 Å². The molecule has 3 heteroatoms. The fourth-order valence-electron chi connectivity index (χ4n) is 3.38. The molecule has 0 bridgehead atoms. The summed E-state index contributed by atoms with van der Waals surface area (Å²) in [6, 6.07) is 4.86. The second-order valence-electron chi connectivity index (χ2n) is 7.91. The van der Waals surface area contributed by atoms with Crippen LogP contribution in [-0.2, 0) is 29.7 Å². The van der Waals surface area contributed by atoms with Crippen LogP contribution in [0.25, 0.3) is 0 Å². The van der Waals surface area contributed by atoms with Crippen molar-refractivity contribution in [1.29, 1.82) is 0 Å². The van der Waals surface area contributed by atoms with E-state index in [0.717, 1.165) is 26.2 Å². The van der Waals surface area contributed by atoms with E-state index in [1.807, 2.05) is 0 Å². The Kier molecular flexibility index (Phi) is 4.58. The Labute approximate surface area is 135 Å². The standard InChI is InChI=1S/C19H30N2O/c1-19(2,3)17-11-15-5-10-22-14-18(15)16(12-17)13-21-8-6-20(4)7-9-21/h11-12H,5-10,13-14H2,1-4H3. The van der Waals surface area contributed by atoms with Gasteiger partial charge in [-0.2, -0.15) is 0 Å². The van der Waals surface area contributed by atoms with Gasteiger partial charge in [0.2, 0.25) is 0 Å². The van der Waals surface area contributed by atoms with Crippen LogP contribution in [0.15, 0.2) is 12.1 Å². The van der Waals surface area contributed by atoms with Gasteiger partial charge in [-0.05, 0) is 41.1 Å². The van der Waals surface area contributed by atoms with Crippen LogP contribution in [0.5, 0.6) is 0 Å². The molecular weight excluding hydrogens is 272 g/mol. The quantitative estimate of drug-likeness (QED) is 0.835. The third kappa shape index (κ3) is 3.53. The summed E-state index contributed by atoms with van der Waals surface area (Å²) in [5, 5.41) is 0. The molecule has 22 heavy (non-hydrogen) atoms. The highest BCUT2D eigenvalue weighted by molar-refractivity contribution is 5.42. The number of hydrogen-bond donors (Lipinski definition) is 0. The van der Waals surface area contributed by atoms with Gasteiger partial charge >= 0.3 is 0 Å². The van der Waals surface area contributed by atoms with Gasteiger partial charge in [-0.15, -0.1) is 0 Å². The van der Waals surface area contributed by atoms with Crippen molar-refractivity contribution in [2.45, 2.75) is 45.8 Å². The van der Waals surface area contributed by atoms with E-state index < -0.39 is 0 Å². The average Bonchev–Trinajstić information content (AvgIpc) is 2.48. The Morgan fingerprint density at radius 2 is 1.82 bits per heavy atom. The zero-order chi connectivity index (χ0) is 15.7. The largest absolute Gasteiger partial charge is 0.376 e. The number of nitrogens with zero attached hydrogens (tertiary/aromatic N) is 2. The minimum absolute atomic E-state index is 0.213. The van der Waals surface area contributed by atoms with E-state index in [2.05, 4.69) is 49.8 Å². The normalized spacial score (nSPS) is 20.9. The summed E-state index contributed by atoms with van der Waals surface area (Å²) in [6.07, 6.45) is 1.06. The first-order valence-corrected chi connectivity index (χ1v) is 8.57. The third-order valence-electron chi connectivity index (χ3n) is 5.05. The lowest BCUT2D eigenvalue weighted by molar-refractivity contribution is 0.107. The van der Waals surface area contributed by atoms with E-state index in [4.69, 9.17) is 4.74 Å². The van der Waals surface area contributed by atoms with Crippen molar-refractivity contribution in [3.8, 4) is 0 Å². The highest BCUT2D eigenvalue weighted by Crippen LogP contribution is 2.30. The Hall–Kier alpha value is -0.900. The maximum absolute atomic E-state index is 5.74. The van der Waals surface area contributed by atoms with Crippen LogP contribution in [0.2, 0.25) is 0 Å². The van der Waals surface area contributed by atoms with Crippen LogP contribution >= 0.6 is 0 Å². The molecule has 1 aromatic carbocycles. The molecular formula is C19H30N2O. The summed E-state index contributed by atoms with van der Waals surface area (Å²) in [6.45, 7) is 14.4. The Balaban J connectivity index is 1.88. The van der Waals surface area contributed by atoms with Gasteiger partial charge in [-0.3, -0.25) is 4.90 Å². The van der Waals surface area contributed by atoms with Crippen LogP contribution in [-0.4, -0.2) is 49.6 Å². The summed E-state index contributed by atoms with van der Waals surface area (Å²) in [5.74, 6) is 0. The zero-order valence-electron chi connectivity index (χ0n) is 14.6. The number of ether oxygens (including phenoxy) is 1. The molecule has 122 valence electrons. The van der Waals surface area contributed by atoms with Gasteiger partial charge in [0.05, 0.1) is 13.2 Å². The first-order chi connectivity index (χ1) is 10.4. The van der Waals surface area contributed by atoms with Crippen LogP contribution in [0, 0.1) is 0 Å². The van der Waals surface area contributed by atoms with Crippen molar-refractivity contribution >= 4 is 0 Å². The van der Waals surface area contributed by atoms with Crippen molar-refractivity contribution < 1.29 is 4.74 Å². The molecule has 2 heterocycles. The van der Waals surface area contributed by atoms with Crippen molar-refractivity contribution in [3.05, 3.63) is 34.4 Å². The van der Waals surface area contributed by atoms with Crippen molar-refractivity contribution in [3.63, 3.8) is 0 Å². The van der Waals surface area contributed by atoms with E-state index in [0.29, 0.717) is 0 Å². The average molecular weight is 302 g/mol. The zero-order valence-corrected chi connectivity index (χ0v) is 14.6. The van der Waals surface area contributed by atoms with Gasteiger partial charge in [0.25, 0.3) is 0 Å². The summed E-state index contributed by atoms with van der Waals surface area (Å²) >= 11 is 0. The molecule has 0 spiro atoms. The maximum atomic E-state index is 5.74. The highest BCUT2D eigenvalue weighted by Gasteiger charge is 2.22. The van der Waals surface area contributed by atoms with Crippen molar-refractivity contribution in [2.24, 2.45) is 0 Å². The molecule has 0 aromatic heterocycles. The van der Waals surface area contributed by atoms with E-state index in [-0.39, 0.29) is 5.41 Å². The highest BCUT2D eigenvalue weighted by atomic mass is 16.5. The van der Waals surface area contributed by atoms with Crippen LogP contribution < -0.4 is 0 Å². The van der Waals surface area contributed by atoms with Gasteiger partial charge in [0.1, 0.15) is 0 Å². The first kappa shape index (κ1) is 16.0. The Morgan fingerprint density at radius 3 is 2.50 bits per heavy atom. The van der Waals surface area contributed by atoms with Crippen LogP contribution in [0.4, 0.5) is 0 Å². The topological polar surface area (TPSA) is 15.7 Å². The minimum Gasteiger partial charge on any atom is -0.376 e. The number of rotatable bonds is 2. The molecule has 0 radical (unpaired) electrons. The molecule has 0 amide bonds. The molecule has 0 aliphatic carbocycles. The molecule has 1 fully saturated rings. The van der Waals surface area contributed by atoms with Crippen LogP contribution in [0.3, 0.4) is 0 Å². The summed E-state index contributed by atoms with van der Waals surface area (Å²) < 4.78 is 5.74. The number of fused-ring (bicyclic) bond motifs is 1. The smallest absolute Gasteiger partial charge is 0.0722 e. The molecule has 3 nitrogen and oxygen atoms in total. The Morgan fingerprint density at radius 1 is 1.09 bits per heavy atom. The van der Waals surface area contributed by atoms with Crippen molar-refractivity contribution in [2.75, 3.05) is 39.8 Å². The molecule has 1 saturated heterocycles. The first-order valence-electron chi connectivity index (χ1n) is 8.57. The number of piperazine rings is 1. The predicted molar refractivity (Wildman–Crippen MR) is 91.3 cm³/mol. The fourth-order valence-corrected chi connectivity index (χ4v) is 3.38. The minimum atomic E-state index is 0.213. The van der Waals surface area contributed by atoms with E-state index in [1.165, 1.54) is 48.4 Å². The predicted octanol–water partition coefficient (Wildman–Crippen LogP) is 2.80. The molecule has 1 aromatic rings. The maximum Gasteiger partial charge on any atom is 0.0722 e. The van der Waals surface area contributed by atoms with Gasteiger partial charge in [0, 0.05) is 32.7 Å². The fraction of sp³-hybridized carbons (Fsp3) is 0.684. The number of benzene rings is 1. The van der Waals surface area contributed by atoms with Crippen LogP contribution in [0.1, 0.15) is 43.0 Å². The second-order valence-corrected chi connectivity index (χ2v) is 7.91. The molecule has 0 saturated carbocycles. The number of hydrogen-bond acceptors (Lipinski definition) is 3. The molecule has 3 rings (SSSR count). The van der Waals surface area contributed by atoms with E-state index in [1.54, 1.807) is 0 Å². The van der Waals surface area contributed by atoms with E-state index >= 15 is 0 Å². The number of likely N-dealkylation sites (N-methyl/N-ethyl adjacent to an activating group) is 1. The lowest BCUT2D eigenvalue weighted by Crippen LogP contribution is -2.44. The molecule has 2 aliphatic rings. The molecule has 0 unspecified atom stereocenters. The van der Waals surface area contributed by atoms with Gasteiger partial charge in [0.15, 0.2) is 0 Å². The third-order valence-corrected chi connectivity index (χ3v) is 5.05. The molecule has 0 N–H and O–H groups in total. The van der Waals surface area contributed by atoms with E-state index in [9.17, 15) is 0 Å². The van der Waals surface area contributed by atoms with Gasteiger partial charge in [-0.1, -0.05) is 32.9 Å². The summed E-state index contributed by atoms with van der Waals surface area (Å²) in [7, 11) is 2.22. The SMILES string of the molecule is CN1CCN(Cc2cc(C(C)(C)C)cc3c2COCC3)CC1. The summed E-state index contributed by atoms with van der Waals surface area (Å²) in [4.78, 5) is 5.01. The Bertz CT molecular complexity index is 525. The molecule has 0 atom stereocenters. The van der Waals surface area contributed by atoms with Gasteiger partial charge < -0.3 is 9.64 Å². The van der Waals surface area contributed by atoms with Gasteiger partial charge in [-0.25, -0.2) is 0 Å². The summed E-state index contributed by atoms with van der Waals surface area (Å²) in [5.41, 5.74) is 6.15. The monoisotopic (exact) mass is 302 g/mol. The molecule has 2 aliphatic heterocycles.